The van der Waals surface area contributed by atoms with Crippen molar-refractivity contribution in [3.63, 3.8) is 0 Å². The monoisotopic (exact) mass is 342 g/mol. The fourth-order valence-corrected chi connectivity index (χ4v) is 2.77. The highest BCUT2D eigenvalue weighted by atomic mass is 32.2. The van der Waals surface area contributed by atoms with E-state index in [1.54, 1.807) is 18.2 Å². The summed E-state index contributed by atoms with van der Waals surface area (Å²) < 4.78 is 0. The van der Waals surface area contributed by atoms with E-state index in [2.05, 4.69) is 10.5 Å². The van der Waals surface area contributed by atoms with Crippen molar-refractivity contribution >= 4 is 29.9 Å². The van der Waals surface area contributed by atoms with Crippen LogP contribution in [0.5, 0.6) is 0 Å². The summed E-state index contributed by atoms with van der Waals surface area (Å²) in [4.78, 5) is 23.1. The maximum Gasteiger partial charge on any atom is 0.336 e. The van der Waals surface area contributed by atoms with Gasteiger partial charge in [-0.1, -0.05) is 48.5 Å². The van der Waals surface area contributed by atoms with Gasteiger partial charge >= 0.3 is 5.97 Å². The van der Waals surface area contributed by atoms with E-state index in [9.17, 15) is 9.59 Å². The Hall–Kier alpha value is -2.60. The van der Waals surface area contributed by atoms with Crippen molar-refractivity contribution in [3.8, 4) is 0 Å². The first-order valence-corrected chi connectivity index (χ1v) is 8.43. The number of nitrogens with one attached hydrogen (secondary N) is 1. The summed E-state index contributed by atoms with van der Waals surface area (Å²) >= 11 is 1.51. The van der Waals surface area contributed by atoms with Crippen molar-refractivity contribution in [2.75, 3.05) is 0 Å². The fraction of sp³-hybridized carbons (Fsp3) is 0.167. The first-order valence-electron chi connectivity index (χ1n) is 7.38. The summed E-state index contributed by atoms with van der Waals surface area (Å²) in [5.74, 6) is -0.517. The van der Waals surface area contributed by atoms with E-state index in [0.29, 0.717) is 5.56 Å². The maximum absolute atomic E-state index is 12.0. The Morgan fingerprint density at radius 2 is 1.83 bits per heavy atom. The summed E-state index contributed by atoms with van der Waals surface area (Å²) in [7, 11) is 0. The first-order chi connectivity index (χ1) is 11.6. The number of hydrogen-bond donors (Lipinski definition) is 2. The lowest BCUT2D eigenvalue weighted by atomic mass is 10.1. The molecule has 2 aromatic carbocycles. The van der Waals surface area contributed by atoms with Gasteiger partial charge in [0.05, 0.1) is 17.0 Å². The normalized spacial score (nSPS) is 12.0. The van der Waals surface area contributed by atoms with Crippen LogP contribution in [0, 0.1) is 0 Å². The number of amides is 1. The molecule has 0 fully saturated rings. The van der Waals surface area contributed by atoms with Gasteiger partial charge in [-0.2, -0.15) is 5.10 Å². The molecule has 24 heavy (non-hydrogen) atoms. The lowest BCUT2D eigenvalue weighted by Gasteiger charge is -2.09. The van der Waals surface area contributed by atoms with Crippen molar-refractivity contribution in [1.82, 2.24) is 5.43 Å². The standard InChI is InChI=1S/C18H18N2O3S/c1-13(24-12-14-7-3-2-4-8-14)17(21)20-19-11-15-9-5-6-10-16(15)18(22)23/h2-11,13H,12H2,1H3,(H,20,21)(H,22,23)/b19-11-/t13-/m1/s1. The summed E-state index contributed by atoms with van der Waals surface area (Å²) in [5.41, 5.74) is 4.18. The topological polar surface area (TPSA) is 78.8 Å². The highest BCUT2D eigenvalue weighted by Crippen LogP contribution is 2.17. The van der Waals surface area contributed by atoms with E-state index in [1.165, 1.54) is 24.0 Å². The molecule has 2 rings (SSSR count). The van der Waals surface area contributed by atoms with Gasteiger partial charge in [0.1, 0.15) is 0 Å². The van der Waals surface area contributed by atoms with Gasteiger partial charge in [0.25, 0.3) is 5.91 Å². The van der Waals surface area contributed by atoms with E-state index in [4.69, 9.17) is 5.11 Å². The van der Waals surface area contributed by atoms with Crippen molar-refractivity contribution in [2.24, 2.45) is 5.10 Å². The predicted molar refractivity (Wildman–Crippen MR) is 96.3 cm³/mol. The first kappa shape index (κ1) is 17.7. The number of rotatable bonds is 7. The minimum absolute atomic E-state index is 0.141. The van der Waals surface area contributed by atoms with Gasteiger partial charge < -0.3 is 5.11 Å². The second-order valence-electron chi connectivity index (χ2n) is 5.07. The number of carboxylic acid groups (broad SMARTS) is 1. The molecule has 0 heterocycles. The molecule has 124 valence electrons. The van der Waals surface area contributed by atoms with E-state index in [1.807, 2.05) is 37.3 Å². The zero-order valence-corrected chi connectivity index (χ0v) is 14.0. The van der Waals surface area contributed by atoms with Crippen LogP contribution in [0.15, 0.2) is 59.7 Å². The third kappa shape index (κ3) is 5.24. The number of benzene rings is 2. The van der Waals surface area contributed by atoms with Crippen molar-refractivity contribution in [1.29, 1.82) is 0 Å². The molecule has 1 atom stereocenters. The van der Waals surface area contributed by atoms with Crippen LogP contribution in [0.25, 0.3) is 0 Å². The van der Waals surface area contributed by atoms with E-state index < -0.39 is 5.97 Å². The lowest BCUT2D eigenvalue weighted by Crippen LogP contribution is -2.27. The number of hydrogen-bond acceptors (Lipinski definition) is 4. The molecular weight excluding hydrogens is 324 g/mol. The molecule has 0 aromatic heterocycles. The zero-order valence-electron chi connectivity index (χ0n) is 13.2. The Morgan fingerprint density at radius 3 is 2.54 bits per heavy atom. The van der Waals surface area contributed by atoms with Gasteiger partial charge in [0, 0.05) is 11.3 Å². The fourth-order valence-electron chi connectivity index (χ4n) is 1.93. The highest BCUT2D eigenvalue weighted by molar-refractivity contribution is 7.99. The molecule has 2 N–H and O–H groups in total. The Balaban J connectivity index is 1.87. The molecule has 5 nitrogen and oxygen atoms in total. The Labute approximate surface area is 144 Å². The van der Waals surface area contributed by atoms with Crippen LogP contribution in [-0.2, 0) is 10.5 Å². The highest BCUT2D eigenvalue weighted by Gasteiger charge is 2.13. The summed E-state index contributed by atoms with van der Waals surface area (Å²) in [6.45, 7) is 1.81. The SMILES string of the molecule is C[C@@H](SCc1ccccc1)C(=O)N/N=C\c1ccccc1C(=O)O. The number of aromatic carboxylic acids is 1. The molecule has 2 aromatic rings. The predicted octanol–water partition coefficient (Wildman–Crippen LogP) is 3.16. The van der Waals surface area contributed by atoms with Crippen LogP contribution in [0.2, 0.25) is 0 Å². The number of thioether (sulfide) groups is 1. The van der Waals surface area contributed by atoms with Crippen molar-refractivity contribution in [3.05, 3.63) is 71.3 Å². The van der Waals surface area contributed by atoms with E-state index >= 15 is 0 Å². The number of hydrazone groups is 1. The number of carboxylic acids is 1. The van der Waals surface area contributed by atoms with Crippen LogP contribution >= 0.6 is 11.8 Å². The molecule has 0 radical (unpaired) electrons. The molecule has 0 bridgehead atoms. The Morgan fingerprint density at radius 1 is 1.17 bits per heavy atom. The molecule has 0 saturated heterocycles. The molecule has 0 spiro atoms. The smallest absolute Gasteiger partial charge is 0.336 e. The summed E-state index contributed by atoms with van der Waals surface area (Å²) in [6, 6.07) is 16.4. The minimum Gasteiger partial charge on any atom is -0.478 e. The molecule has 0 aliphatic rings. The van der Waals surface area contributed by atoms with Crippen LogP contribution in [0.3, 0.4) is 0 Å². The van der Waals surface area contributed by atoms with Crippen molar-refractivity contribution in [2.45, 2.75) is 17.9 Å². The Kier molecular flexibility index (Phi) is 6.57. The number of carbonyl (C=O) groups excluding carboxylic acids is 1. The number of carbonyl (C=O) groups is 2. The third-order valence-electron chi connectivity index (χ3n) is 3.28. The largest absolute Gasteiger partial charge is 0.478 e. The van der Waals surface area contributed by atoms with Gasteiger partial charge in [-0.05, 0) is 18.6 Å². The molecule has 0 unspecified atom stereocenters. The van der Waals surface area contributed by atoms with Gasteiger partial charge in [0.15, 0.2) is 0 Å². The molecule has 0 aliphatic heterocycles. The van der Waals surface area contributed by atoms with Gasteiger partial charge in [0.2, 0.25) is 0 Å². The summed E-state index contributed by atoms with van der Waals surface area (Å²) in [6.07, 6.45) is 1.34. The van der Waals surface area contributed by atoms with Crippen LogP contribution in [0.4, 0.5) is 0 Å². The van der Waals surface area contributed by atoms with Crippen molar-refractivity contribution < 1.29 is 14.7 Å². The Bertz CT molecular complexity index is 732. The quantitative estimate of drug-likeness (QED) is 0.598. The number of nitrogens with zero attached hydrogens (tertiary/aromatic N) is 1. The maximum atomic E-state index is 12.0. The molecule has 0 aliphatic carbocycles. The van der Waals surface area contributed by atoms with Crippen LogP contribution in [-0.4, -0.2) is 28.4 Å². The second-order valence-corrected chi connectivity index (χ2v) is 6.39. The average molecular weight is 342 g/mol. The third-order valence-corrected chi connectivity index (χ3v) is 4.50. The molecule has 1 amide bonds. The minimum atomic E-state index is -1.03. The second kappa shape index (κ2) is 8.88. The van der Waals surface area contributed by atoms with Gasteiger partial charge in [-0.3, -0.25) is 4.79 Å². The zero-order chi connectivity index (χ0) is 17.4. The molecule has 0 saturated carbocycles. The van der Waals surface area contributed by atoms with Gasteiger partial charge in [-0.25, -0.2) is 10.2 Å². The molecule has 6 heteroatoms. The lowest BCUT2D eigenvalue weighted by molar-refractivity contribution is -0.120. The van der Waals surface area contributed by atoms with Gasteiger partial charge in [-0.15, -0.1) is 11.8 Å². The average Bonchev–Trinajstić information content (AvgIpc) is 2.60. The van der Waals surface area contributed by atoms with Crippen LogP contribution < -0.4 is 5.43 Å². The van der Waals surface area contributed by atoms with E-state index in [-0.39, 0.29) is 16.7 Å². The molecular formula is C18H18N2O3S. The van der Waals surface area contributed by atoms with E-state index in [0.717, 1.165) is 11.3 Å². The summed E-state index contributed by atoms with van der Waals surface area (Å²) in [5, 5.41) is 12.7. The van der Waals surface area contributed by atoms with Crippen LogP contribution in [0.1, 0.15) is 28.4 Å².